The van der Waals surface area contributed by atoms with Crippen molar-refractivity contribution in [3.8, 4) is 5.75 Å². The fourth-order valence-electron chi connectivity index (χ4n) is 2.34. The summed E-state index contributed by atoms with van der Waals surface area (Å²) in [4.78, 5) is 12.0. The molecule has 1 aromatic carbocycles. The van der Waals surface area contributed by atoms with Gasteiger partial charge in [0.25, 0.3) is 0 Å². The molecular formula is C15H21NO3. The molecule has 104 valence electrons. The first-order valence-electron chi connectivity index (χ1n) is 6.71. The lowest BCUT2D eigenvalue weighted by atomic mass is 9.98. The van der Waals surface area contributed by atoms with E-state index in [-0.39, 0.29) is 18.5 Å². The fourth-order valence-corrected chi connectivity index (χ4v) is 2.34. The predicted octanol–water partition coefficient (Wildman–Crippen LogP) is 2.05. The van der Waals surface area contributed by atoms with E-state index in [9.17, 15) is 4.79 Å². The summed E-state index contributed by atoms with van der Waals surface area (Å²) in [5.74, 6) is 0.714. The molecule has 4 nitrogen and oxygen atoms in total. The van der Waals surface area contributed by atoms with Crippen molar-refractivity contribution in [3.63, 3.8) is 0 Å². The van der Waals surface area contributed by atoms with Crippen LogP contribution in [0, 0.1) is 12.8 Å². The molecule has 1 heterocycles. The zero-order chi connectivity index (χ0) is 13.7. The highest BCUT2D eigenvalue weighted by Crippen LogP contribution is 2.22. The van der Waals surface area contributed by atoms with Gasteiger partial charge >= 0.3 is 5.97 Å². The van der Waals surface area contributed by atoms with Gasteiger partial charge in [0.1, 0.15) is 12.4 Å². The van der Waals surface area contributed by atoms with Crippen LogP contribution in [0.3, 0.4) is 0 Å². The van der Waals surface area contributed by atoms with Crippen molar-refractivity contribution in [2.24, 2.45) is 5.92 Å². The van der Waals surface area contributed by atoms with Crippen molar-refractivity contribution in [2.45, 2.75) is 26.4 Å². The van der Waals surface area contributed by atoms with E-state index in [1.165, 1.54) is 0 Å². The number of hydrogen-bond acceptors (Lipinski definition) is 4. The van der Waals surface area contributed by atoms with Gasteiger partial charge in [-0.1, -0.05) is 11.6 Å². The molecule has 1 aliphatic rings. The second-order valence-corrected chi connectivity index (χ2v) is 4.95. The quantitative estimate of drug-likeness (QED) is 0.845. The first-order valence-corrected chi connectivity index (χ1v) is 6.71. The summed E-state index contributed by atoms with van der Waals surface area (Å²) in [7, 11) is 1.63. The van der Waals surface area contributed by atoms with E-state index in [1.807, 2.05) is 25.1 Å². The molecule has 0 spiro atoms. The third-order valence-electron chi connectivity index (χ3n) is 3.48. The molecule has 0 saturated carbocycles. The number of aryl methyl sites for hydroxylation is 1. The summed E-state index contributed by atoms with van der Waals surface area (Å²) in [6.45, 7) is 4.09. The van der Waals surface area contributed by atoms with Gasteiger partial charge in [-0.3, -0.25) is 4.79 Å². The van der Waals surface area contributed by atoms with Gasteiger partial charge < -0.3 is 14.8 Å². The Morgan fingerprint density at radius 1 is 1.37 bits per heavy atom. The molecule has 0 aromatic heterocycles. The second kappa shape index (κ2) is 6.57. The molecule has 19 heavy (non-hydrogen) atoms. The van der Waals surface area contributed by atoms with Gasteiger partial charge in [0.2, 0.25) is 0 Å². The molecule has 0 unspecified atom stereocenters. The number of hydrogen-bond donors (Lipinski definition) is 1. The average Bonchev–Trinajstić information content (AvgIpc) is 2.46. The number of carbonyl (C=O) groups excluding carboxylic acids is 1. The SMILES string of the molecule is COc1ccc(C)cc1COC(=O)C1CCNCC1. The molecule has 1 fully saturated rings. The number of esters is 1. The van der Waals surface area contributed by atoms with Gasteiger partial charge in [-0.05, 0) is 45.0 Å². The Hall–Kier alpha value is -1.55. The van der Waals surface area contributed by atoms with E-state index in [4.69, 9.17) is 9.47 Å². The van der Waals surface area contributed by atoms with Crippen LogP contribution >= 0.6 is 0 Å². The van der Waals surface area contributed by atoms with Crippen LogP contribution in [0.4, 0.5) is 0 Å². The van der Waals surface area contributed by atoms with Crippen LogP contribution in [-0.2, 0) is 16.1 Å². The standard InChI is InChI=1S/C15H21NO3/c1-11-3-4-14(18-2)13(9-11)10-19-15(17)12-5-7-16-8-6-12/h3-4,9,12,16H,5-8,10H2,1-2H3. The van der Waals surface area contributed by atoms with Gasteiger partial charge in [-0.25, -0.2) is 0 Å². The van der Waals surface area contributed by atoms with E-state index in [0.717, 1.165) is 42.8 Å². The lowest BCUT2D eigenvalue weighted by molar-refractivity contribution is -0.150. The van der Waals surface area contributed by atoms with Crippen molar-refractivity contribution >= 4 is 5.97 Å². The Kier molecular flexibility index (Phi) is 4.80. The van der Waals surface area contributed by atoms with E-state index in [1.54, 1.807) is 7.11 Å². The monoisotopic (exact) mass is 263 g/mol. The summed E-state index contributed by atoms with van der Waals surface area (Å²) >= 11 is 0. The zero-order valence-electron chi connectivity index (χ0n) is 11.6. The number of piperidine rings is 1. The van der Waals surface area contributed by atoms with Crippen LogP contribution in [0.25, 0.3) is 0 Å². The molecule has 1 aromatic rings. The average molecular weight is 263 g/mol. The Labute approximate surface area is 114 Å². The van der Waals surface area contributed by atoms with Crippen molar-refractivity contribution in [1.29, 1.82) is 0 Å². The summed E-state index contributed by atoms with van der Waals surface area (Å²) in [5, 5.41) is 3.24. The minimum atomic E-state index is -0.0925. The number of nitrogens with one attached hydrogen (secondary N) is 1. The molecule has 0 atom stereocenters. The fraction of sp³-hybridized carbons (Fsp3) is 0.533. The Morgan fingerprint density at radius 3 is 2.79 bits per heavy atom. The van der Waals surface area contributed by atoms with Crippen molar-refractivity contribution < 1.29 is 14.3 Å². The Bertz CT molecular complexity index is 439. The second-order valence-electron chi connectivity index (χ2n) is 4.95. The Balaban J connectivity index is 1.94. The van der Waals surface area contributed by atoms with Gasteiger partial charge in [0.15, 0.2) is 0 Å². The first-order chi connectivity index (χ1) is 9.20. The maximum absolute atomic E-state index is 12.0. The normalized spacial score (nSPS) is 16.1. The van der Waals surface area contributed by atoms with Crippen LogP contribution in [-0.4, -0.2) is 26.2 Å². The molecule has 1 N–H and O–H groups in total. The van der Waals surface area contributed by atoms with Crippen LogP contribution < -0.4 is 10.1 Å². The highest BCUT2D eigenvalue weighted by Gasteiger charge is 2.22. The van der Waals surface area contributed by atoms with Crippen molar-refractivity contribution in [1.82, 2.24) is 5.32 Å². The molecule has 0 aliphatic carbocycles. The number of benzene rings is 1. The third-order valence-corrected chi connectivity index (χ3v) is 3.48. The van der Waals surface area contributed by atoms with Gasteiger partial charge in [-0.2, -0.15) is 0 Å². The van der Waals surface area contributed by atoms with Crippen LogP contribution in [0.5, 0.6) is 5.75 Å². The van der Waals surface area contributed by atoms with Gasteiger partial charge in [0.05, 0.1) is 13.0 Å². The van der Waals surface area contributed by atoms with Gasteiger partial charge in [0, 0.05) is 5.56 Å². The molecule has 4 heteroatoms. The van der Waals surface area contributed by atoms with E-state index >= 15 is 0 Å². The minimum Gasteiger partial charge on any atom is -0.496 e. The lowest BCUT2D eigenvalue weighted by Gasteiger charge is -2.21. The van der Waals surface area contributed by atoms with E-state index < -0.39 is 0 Å². The number of ether oxygens (including phenoxy) is 2. The predicted molar refractivity (Wildman–Crippen MR) is 73.1 cm³/mol. The van der Waals surface area contributed by atoms with Crippen molar-refractivity contribution in [2.75, 3.05) is 20.2 Å². The zero-order valence-corrected chi connectivity index (χ0v) is 11.6. The Morgan fingerprint density at radius 2 is 2.11 bits per heavy atom. The van der Waals surface area contributed by atoms with Crippen molar-refractivity contribution in [3.05, 3.63) is 29.3 Å². The smallest absolute Gasteiger partial charge is 0.309 e. The number of methoxy groups -OCH3 is 1. The summed E-state index contributed by atoms with van der Waals surface area (Å²) in [6, 6.07) is 5.88. The largest absolute Gasteiger partial charge is 0.496 e. The number of rotatable bonds is 4. The summed E-state index contributed by atoms with van der Waals surface area (Å²) in [6.07, 6.45) is 1.73. The topological polar surface area (TPSA) is 47.6 Å². The van der Waals surface area contributed by atoms with E-state index in [0.29, 0.717) is 0 Å². The minimum absolute atomic E-state index is 0.0389. The van der Waals surface area contributed by atoms with E-state index in [2.05, 4.69) is 5.32 Å². The number of carbonyl (C=O) groups is 1. The maximum atomic E-state index is 12.0. The van der Waals surface area contributed by atoms with Crippen LogP contribution in [0.2, 0.25) is 0 Å². The summed E-state index contributed by atoms with van der Waals surface area (Å²) < 4.78 is 10.7. The highest BCUT2D eigenvalue weighted by atomic mass is 16.5. The molecule has 2 rings (SSSR count). The molecule has 1 saturated heterocycles. The van der Waals surface area contributed by atoms with Crippen LogP contribution in [0.15, 0.2) is 18.2 Å². The maximum Gasteiger partial charge on any atom is 0.309 e. The molecule has 1 aliphatic heterocycles. The van der Waals surface area contributed by atoms with Gasteiger partial charge in [-0.15, -0.1) is 0 Å². The van der Waals surface area contributed by atoms with Crippen LogP contribution in [0.1, 0.15) is 24.0 Å². The molecule has 0 amide bonds. The molecule has 0 radical (unpaired) electrons. The first kappa shape index (κ1) is 13.9. The highest BCUT2D eigenvalue weighted by molar-refractivity contribution is 5.72. The lowest BCUT2D eigenvalue weighted by Crippen LogP contribution is -2.32. The molecular weight excluding hydrogens is 242 g/mol. The third kappa shape index (κ3) is 3.70. The molecule has 0 bridgehead atoms. The summed E-state index contributed by atoms with van der Waals surface area (Å²) in [5.41, 5.74) is 2.05.